The summed E-state index contributed by atoms with van der Waals surface area (Å²) in [4.78, 5) is 3.99. The van der Waals surface area contributed by atoms with E-state index < -0.39 is 0 Å². The molecule has 0 saturated carbocycles. The molecule has 0 aliphatic rings. The van der Waals surface area contributed by atoms with Crippen LogP contribution in [0.3, 0.4) is 0 Å². The van der Waals surface area contributed by atoms with E-state index >= 15 is 0 Å². The SMILES string of the molecule is C=CN=C(C=C)CCC. The van der Waals surface area contributed by atoms with Gasteiger partial charge >= 0.3 is 0 Å². The second kappa shape index (κ2) is 5.29. The summed E-state index contributed by atoms with van der Waals surface area (Å²) in [6.07, 6.45) is 5.42. The summed E-state index contributed by atoms with van der Waals surface area (Å²) in [6.45, 7) is 9.23. The summed E-state index contributed by atoms with van der Waals surface area (Å²) in [5.74, 6) is 0. The van der Waals surface area contributed by atoms with Crippen molar-refractivity contribution in [3.8, 4) is 0 Å². The van der Waals surface area contributed by atoms with E-state index in [0.717, 1.165) is 18.6 Å². The first-order valence-corrected chi connectivity index (χ1v) is 3.15. The standard InChI is InChI=1S/C8H13N/c1-4-7-8(5-2)9-6-3/h5-6H,2-4,7H2,1H3. The Balaban J connectivity index is 3.80. The van der Waals surface area contributed by atoms with Crippen LogP contribution in [-0.4, -0.2) is 5.71 Å². The van der Waals surface area contributed by atoms with Gasteiger partial charge in [-0.25, -0.2) is 0 Å². The van der Waals surface area contributed by atoms with Crippen molar-refractivity contribution in [1.29, 1.82) is 0 Å². The molecule has 0 aromatic rings. The van der Waals surface area contributed by atoms with Crippen LogP contribution in [0.5, 0.6) is 0 Å². The molecule has 1 heteroatoms. The van der Waals surface area contributed by atoms with E-state index in [-0.39, 0.29) is 0 Å². The lowest BCUT2D eigenvalue weighted by Gasteiger charge is -1.92. The Bertz CT molecular complexity index is 123. The van der Waals surface area contributed by atoms with Crippen LogP contribution in [0.4, 0.5) is 0 Å². The highest BCUT2D eigenvalue weighted by atomic mass is 14.7. The number of hydrogen-bond acceptors (Lipinski definition) is 1. The summed E-state index contributed by atoms with van der Waals surface area (Å²) in [5, 5.41) is 0. The molecule has 0 aromatic carbocycles. The van der Waals surface area contributed by atoms with Gasteiger partial charge in [0.1, 0.15) is 0 Å². The van der Waals surface area contributed by atoms with E-state index in [1.165, 1.54) is 0 Å². The normalized spacial score (nSPS) is 11.0. The fourth-order valence-electron chi connectivity index (χ4n) is 0.593. The second-order valence-corrected chi connectivity index (χ2v) is 1.76. The smallest absolute Gasteiger partial charge is 0.0397 e. The Morgan fingerprint density at radius 3 is 2.56 bits per heavy atom. The molecule has 0 unspecified atom stereocenters. The van der Waals surface area contributed by atoms with Gasteiger partial charge in [-0.2, -0.15) is 0 Å². The third-order valence-corrected chi connectivity index (χ3v) is 0.999. The molecule has 9 heavy (non-hydrogen) atoms. The fourth-order valence-corrected chi connectivity index (χ4v) is 0.593. The van der Waals surface area contributed by atoms with E-state index in [4.69, 9.17) is 0 Å². The molecule has 0 aliphatic heterocycles. The number of allylic oxidation sites excluding steroid dienone is 1. The average Bonchev–Trinajstić information content (AvgIpc) is 1.88. The van der Waals surface area contributed by atoms with Gasteiger partial charge < -0.3 is 0 Å². The van der Waals surface area contributed by atoms with Crippen LogP contribution in [0, 0.1) is 0 Å². The van der Waals surface area contributed by atoms with E-state index in [2.05, 4.69) is 25.1 Å². The van der Waals surface area contributed by atoms with Crippen LogP contribution < -0.4 is 0 Å². The van der Waals surface area contributed by atoms with Crippen molar-refractivity contribution < 1.29 is 0 Å². The monoisotopic (exact) mass is 123 g/mol. The molecule has 0 bridgehead atoms. The van der Waals surface area contributed by atoms with Gasteiger partial charge in [-0.1, -0.05) is 26.5 Å². The van der Waals surface area contributed by atoms with Crippen molar-refractivity contribution in [2.24, 2.45) is 4.99 Å². The molecule has 0 aromatic heterocycles. The lowest BCUT2D eigenvalue weighted by molar-refractivity contribution is 0.996. The quantitative estimate of drug-likeness (QED) is 0.509. The van der Waals surface area contributed by atoms with E-state index in [1.54, 1.807) is 12.3 Å². The Morgan fingerprint density at radius 2 is 2.22 bits per heavy atom. The second-order valence-electron chi connectivity index (χ2n) is 1.76. The first kappa shape index (κ1) is 8.15. The summed E-state index contributed by atoms with van der Waals surface area (Å²) >= 11 is 0. The van der Waals surface area contributed by atoms with Crippen molar-refractivity contribution in [2.75, 3.05) is 0 Å². The van der Waals surface area contributed by atoms with Gasteiger partial charge in [-0.05, 0) is 12.5 Å². The van der Waals surface area contributed by atoms with Crippen LogP contribution in [0.15, 0.2) is 30.4 Å². The van der Waals surface area contributed by atoms with Gasteiger partial charge in [-0.3, -0.25) is 4.99 Å². The molecule has 0 fully saturated rings. The zero-order chi connectivity index (χ0) is 7.11. The minimum atomic E-state index is 0.996. The lowest BCUT2D eigenvalue weighted by atomic mass is 10.2. The molecule has 0 atom stereocenters. The number of rotatable bonds is 4. The van der Waals surface area contributed by atoms with Crippen molar-refractivity contribution in [3.05, 3.63) is 25.4 Å². The maximum absolute atomic E-state index is 3.99. The first-order chi connectivity index (χ1) is 4.35. The molecular formula is C8H13N. The van der Waals surface area contributed by atoms with E-state index in [0.29, 0.717) is 0 Å². The molecule has 0 radical (unpaired) electrons. The molecule has 0 aliphatic carbocycles. The highest BCUT2D eigenvalue weighted by Gasteiger charge is 1.86. The van der Waals surface area contributed by atoms with Gasteiger partial charge in [-0.15, -0.1) is 0 Å². The predicted octanol–water partition coefficient (Wildman–Crippen LogP) is 2.56. The predicted molar refractivity (Wildman–Crippen MR) is 42.7 cm³/mol. The minimum absolute atomic E-state index is 0.996. The van der Waals surface area contributed by atoms with Gasteiger partial charge in [0, 0.05) is 11.9 Å². The molecule has 0 heterocycles. The summed E-state index contributed by atoms with van der Waals surface area (Å²) in [7, 11) is 0. The molecule has 0 spiro atoms. The zero-order valence-corrected chi connectivity index (χ0v) is 5.93. The van der Waals surface area contributed by atoms with Gasteiger partial charge in [0.2, 0.25) is 0 Å². The first-order valence-electron chi connectivity index (χ1n) is 3.15. The van der Waals surface area contributed by atoms with Crippen molar-refractivity contribution >= 4 is 5.71 Å². The fraction of sp³-hybridized carbons (Fsp3) is 0.375. The maximum atomic E-state index is 3.99. The van der Waals surface area contributed by atoms with Crippen LogP contribution in [0.1, 0.15) is 19.8 Å². The van der Waals surface area contributed by atoms with Crippen LogP contribution in [0.2, 0.25) is 0 Å². The molecule has 0 amide bonds. The summed E-state index contributed by atoms with van der Waals surface area (Å²) < 4.78 is 0. The van der Waals surface area contributed by atoms with E-state index in [9.17, 15) is 0 Å². The Kier molecular flexibility index (Phi) is 4.79. The lowest BCUT2D eigenvalue weighted by Crippen LogP contribution is -1.89. The highest BCUT2D eigenvalue weighted by molar-refractivity contribution is 5.94. The summed E-state index contributed by atoms with van der Waals surface area (Å²) in [5.41, 5.74) is 1.02. The van der Waals surface area contributed by atoms with Crippen molar-refractivity contribution in [2.45, 2.75) is 19.8 Å². The van der Waals surface area contributed by atoms with Crippen LogP contribution >= 0.6 is 0 Å². The van der Waals surface area contributed by atoms with Gasteiger partial charge in [0.25, 0.3) is 0 Å². The topological polar surface area (TPSA) is 12.4 Å². The third-order valence-electron chi connectivity index (χ3n) is 0.999. The highest BCUT2D eigenvalue weighted by Crippen LogP contribution is 1.92. The number of nitrogens with zero attached hydrogens (tertiary/aromatic N) is 1. The third kappa shape index (κ3) is 3.71. The Labute approximate surface area is 56.8 Å². The van der Waals surface area contributed by atoms with Crippen molar-refractivity contribution in [1.82, 2.24) is 0 Å². The number of hydrogen-bond donors (Lipinski definition) is 0. The number of aliphatic imine (C=N–C) groups is 1. The average molecular weight is 123 g/mol. The van der Waals surface area contributed by atoms with Crippen LogP contribution in [-0.2, 0) is 0 Å². The molecule has 1 nitrogen and oxygen atoms in total. The molecular weight excluding hydrogens is 110 g/mol. The van der Waals surface area contributed by atoms with Crippen molar-refractivity contribution in [3.63, 3.8) is 0 Å². The maximum Gasteiger partial charge on any atom is 0.0397 e. The zero-order valence-electron chi connectivity index (χ0n) is 5.93. The summed E-state index contributed by atoms with van der Waals surface area (Å²) in [6, 6.07) is 0. The molecule has 0 N–H and O–H groups in total. The van der Waals surface area contributed by atoms with Gasteiger partial charge in [0.05, 0.1) is 0 Å². The molecule has 0 saturated heterocycles. The van der Waals surface area contributed by atoms with E-state index in [1.807, 2.05) is 0 Å². The largest absolute Gasteiger partial charge is 0.262 e. The Morgan fingerprint density at radius 1 is 1.56 bits per heavy atom. The van der Waals surface area contributed by atoms with Crippen LogP contribution in [0.25, 0.3) is 0 Å². The molecule has 50 valence electrons. The van der Waals surface area contributed by atoms with Gasteiger partial charge in [0.15, 0.2) is 0 Å². The Hall–Kier alpha value is -0.850. The molecule has 0 rings (SSSR count). The minimum Gasteiger partial charge on any atom is -0.262 e.